The Morgan fingerprint density at radius 1 is 1.44 bits per heavy atom. The predicted molar refractivity (Wildman–Crippen MR) is 74.7 cm³/mol. The summed E-state index contributed by atoms with van der Waals surface area (Å²) >= 11 is 2.97. The van der Waals surface area contributed by atoms with Crippen LogP contribution in [0.4, 0.5) is 5.00 Å². The van der Waals surface area contributed by atoms with Crippen LogP contribution in [0.25, 0.3) is 0 Å². The molecule has 0 saturated carbocycles. The molecule has 2 N–H and O–H groups in total. The molecule has 2 heterocycles. The first-order chi connectivity index (χ1) is 8.58. The Bertz CT molecular complexity index is 464. The summed E-state index contributed by atoms with van der Waals surface area (Å²) in [5.74, 6) is -0.0529. The second kappa shape index (κ2) is 5.75. The topological polar surface area (TPSA) is 66.4 Å². The summed E-state index contributed by atoms with van der Waals surface area (Å²) < 4.78 is 0. The summed E-state index contributed by atoms with van der Waals surface area (Å²) in [5, 5.41) is 12.2. The van der Waals surface area contributed by atoms with Gasteiger partial charge in [0.2, 0.25) is 5.91 Å². The van der Waals surface area contributed by atoms with E-state index in [9.17, 15) is 9.59 Å². The summed E-state index contributed by atoms with van der Waals surface area (Å²) in [6.07, 6.45) is 3.11. The molecule has 1 saturated heterocycles. The van der Waals surface area contributed by atoms with Crippen LogP contribution in [0.3, 0.4) is 0 Å². The Balaban J connectivity index is 2.08. The van der Waals surface area contributed by atoms with E-state index in [1.54, 1.807) is 17.8 Å². The van der Waals surface area contributed by atoms with Gasteiger partial charge in [0, 0.05) is 4.88 Å². The minimum atomic E-state index is -0.994. The molecule has 2 rings (SSSR count). The number of carbonyl (C=O) groups is 2. The van der Waals surface area contributed by atoms with Crippen molar-refractivity contribution >= 4 is 40.0 Å². The lowest BCUT2D eigenvalue weighted by atomic mass is 10.2. The molecule has 18 heavy (non-hydrogen) atoms. The number of hydrogen-bond donors (Lipinski definition) is 2. The minimum absolute atomic E-state index is 0.0391. The summed E-state index contributed by atoms with van der Waals surface area (Å²) in [6.45, 7) is 1.84. The number of aromatic carboxylic acids is 1. The van der Waals surface area contributed by atoms with E-state index in [0.717, 1.165) is 29.9 Å². The van der Waals surface area contributed by atoms with E-state index >= 15 is 0 Å². The number of hydrogen-bond acceptors (Lipinski definition) is 4. The Kier molecular flexibility index (Phi) is 4.29. The van der Waals surface area contributed by atoms with Gasteiger partial charge in [0.15, 0.2) is 0 Å². The number of aryl methyl sites for hydroxylation is 1. The molecule has 1 aromatic rings. The van der Waals surface area contributed by atoms with Gasteiger partial charge in [0.05, 0.1) is 10.8 Å². The van der Waals surface area contributed by atoms with E-state index in [-0.39, 0.29) is 16.7 Å². The summed E-state index contributed by atoms with van der Waals surface area (Å²) in [7, 11) is 0. The molecule has 0 spiro atoms. The van der Waals surface area contributed by atoms with Gasteiger partial charge in [-0.1, -0.05) is 6.42 Å². The van der Waals surface area contributed by atoms with Crippen LogP contribution in [0.1, 0.15) is 34.5 Å². The monoisotopic (exact) mass is 285 g/mol. The average molecular weight is 285 g/mol. The molecule has 1 amide bonds. The van der Waals surface area contributed by atoms with Crippen LogP contribution in [-0.4, -0.2) is 28.0 Å². The molecule has 0 aliphatic carbocycles. The zero-order valence-electron chi connectivity index (χ0n) is 10.1. The number of rotatable bonds is 3. The fourth-order valence-corrected chi connectivity index (χ4v) is 4.01. The highest BCUT2D eigenvalue weighted by atomic mass is 32.2. The average Bonchev–Trinajstić information content (AvgIpc) is 2.71. The normalized spacial score (nSPS) is 19.5. The lowest BCUT2D eigenvalue weighted by Crippen LogP contribution is -2.27. The van der Waals surface area contributed by atoms with Crippen LogP contribution in [-0.2, 0) is 4.79 Å². The van der Waals surface area contributed by atoms with E-state index < -0.39 is 5.97 Å². The first kappa shape index (κ1) is 13.4. The molecule has 1 atom stereocenters. The number of carboxylic acids is 1. The quantitative estimate of drug-likeness (QED) is 0.896. The smallest absolute Gasteiger partial charge is 0.338 e. The zero-order valence-corrected chi connectivity index (χ0v) is 11.7. The molecule has 0 aromatic carbocycles. The van der Waals surface area contributed by atoms with E-state index in [2.05, 4.69) is 5.32 Å². The van der Waals surface area contributed by atoms with Crippen molar-refractivity contribution in [2.75, 3.05) is 11.1 Å². The van der Waals surface area contributed by atoms with Crippen molar-refractivity contribution in [1.29, 1.82) is 0 Å². The number of amides is 1. The van der Waals surface area contributed by atoms with Gasteiger partial charge in [0.25, 0.3) is 0 Å². The van der Waals surface area contributed by atoms with Crippen molar-refractivity contribution in [1.82, 2.24) is 0 Å². The van der Waals surface area contributed by atoms with Gasteiger partial charge in [-0.05, 0) is 31.6 Å². The highest BCUT2D eigenvalue weighted by Crippen LogP contribution is 2.30. The fraction of sp³-hybridized carbons (Fsp3) is 0.500. The third kappa shape index (κ3) is 3.05. The third-order valence-corrected chi connectivity index (χ3v) is 5.14. The van der Waals surface area contributed by atoms with Gasteiger partial charge in [-0.2, -0.15) is 0 Å². The van der Waals surface area contributed by atoms with Crippen LogP contribution in [0, 0.1) is 6.92 Å². The number of thiophene rings is 1. The van der Waals surface area contributed by atoms with Gasteiger partial charge < -0.3 is 10.4 Å². The van der Waals surface area contributed by atoms with Gasteiger partial charge in [-0.15, -0.1) is 23.1 Å². The molecule has 4 nitrogen and oxygen atoms in total. The van der Waals surface area contributed by atoms with Crippen molar-refractivity contribution in [3.05, 3.63) is 16.5 Å². The maximum atomic E-state index is 12.0. The highest BCUT2D eigenvalue weighted by Gasteiger charge is 2.24. The van der Waals surface area contributed by atoms with Gasteiger partial charge in [0.1, 0.15) is 5.00 Å². The zero-order chi connectivity index (χ0) is 13.1. The Hall–Kier alpha value is -1.01. The van der Waals surface area contributed by atoms with E-state index in [1.807, 2.05) is 6.92 Å². The van der Waals surface area contributed by atoms with E-state index in [4.69, 9.17) is 5.11 Å². The SMILES string of the molecule is Cc1cc(C(=O)O)c(NC(=O)C2CCCCS2)s1. The Morgan fingerprint density at radius 2 is 2.22 bits per heavy atom. The fourth-order valence-electron chi connectivity index (χ4n) is 1.91. The maximum absolute atomic E-state index is 12.0. The molecule has 1 aliphatic rings. The molecule has 0 bridgehead atoms. The third-order valence-electron chi connectivity index (χ3n) is 2.79. The summed E-state index contributed by atoms with van der Waals surface area (Å²) in [5.41, 5.74) is 0.187. The number of thioether (sulfide) groups is 1. The molecule has 6 heteroatoms. The minimum Gasteiger partial charge on any atom is -0.478 e. The van der Waals surface area contributed by atoms with Crippen LogP contribution in [0.15, 0.2) is 6.07 Å². The largest absolute Gasteiger partial charge is 0.478 e. The van der Waals surface area contributed by atoms with Gasteiger partial charge in [-0.3, -0.25) is 4.79 Å². The lowest BCUT2D eigenvalue weighted by Gasteiger charge is -2.20. The van der Waals surface area contributed by atoms with Gasteiger partial charge in [-0.25, -0.2) is 4.79 Å². The molecule has 1 fully saturated rings. The van der Waals surface area contributed by atoms with Gasteiger partial charge >= 0.3 is 5.97 Å². The number of nitrogens with one attached hydrogen (secondary N) is 1. The number of anilines is 1. The number of carbonyl (C=O) groups excluding carboxylic acids is 1. The van der Waals surface area contributed by atoms with Crippen LogP contribution in [0.5, 0.6) is 0 Å². The molecule has 1 aliphatic heterocycles. The van der Waals surface area contributed by atoms with Crippen molar-refractivity contribution < 1.29 is 14.7 Å². The first-order valence-electron chi connectivity index (χ1n) is 5.84. The second-order valence-corrected chi connectivity index (χ2v) is 6.82. The standard InChI is InChI=1S/C12H15NO3S2/c1-7-6-8(12(15)16)11(18-7)13-10(14)9-4-2-3-5-17-9/h6,9H,2-5H2,1H3,(H,13,14)(H,15,16). The highest BCUT2D eigenvalue weighted by molar-refractivity contribution is 8.00. The Morgan fingerprint density at radius 3 is 2.83 bits per heavy atom. The molecule has 0 radical (unpaired) electrons. The van der Waals surface area contributed by atoms with Crippen molar-refractivity contribution in [2.45, 2.75) is 31.4 Å². The van der Waals surface area contributed by atoms with E-state index in [1.165, 1.54) is 11.3 Å². The number of carboxylic acid groups (broad SMARTS) is 1. The van der Waals surface area contributed by atoms with Crippen LogP contribution < -0.4 is 5.32 Å². The maximum Gasteiger partial charge on any atom is 0.338 e. The van der Waals surface area contributed by atoms with Crippen LogP contribution in [0.2, 0.25) is 0 Å². The summed E-state index contributed by atoms with van der Waals surface area (Å²) in [6, 6.07) is 1.59. The summed E-state index contributed by atoms with van der Waals surface area (Å²) in [4.78, 5) is 24.0. The molecular weight excluding hydrogens is 270 g/mol. The van der Waals surface area contributed by atoms with Crippen molar-refractivity contribution in [3.63, 3.8) is 0 Å². The first-order valence-corrected chi connectivity index (χ1v) is 7.70. The van der Waals surface area contributed by atoms with Crippen molar-refractivity contribution in [3.8, 4) is 0 Å². The molecular formula is C12H15NO3S2. The molecule has 1 unspecified atom stereocenters. The van der Waals surface area contributed by atoms with Crippen LogP contribution >= 0.6 is 23.1 Å². The van der Waals surface area contributed by atoms with Crippen molar-refractivity contribution in [2.24, 2.45) is 0 Å². The lowest BCUT2D eigenvalue weighted by molar-refractivity contribution is -0.115. The molecule has 1 aromatic heterocycles. The van der Waals surface area contributed by atoms with E-state index in [0.29, 0.717) is 5.00 Å². The molecule has 98 valence electrons. The predicted octanol–water partition coefficient (Wildman–Crippen LogP) is 2.98. The second-order valence-electron chi connectivity index (χ2n) is 4.25. The Labute approximate surface area is 114 Å².